The van der Waals surface area contributed by atoms with Crippen LogP contribution in [0, 0.1) is 0 Å². The van der Waals surface area contributed by atoms with Crippen molar-refractivity contribution in [1.29, 1.82) is 0 Å². The van der Waals surface area contributed by atoms with E-state index in [4.69, 9.17) is 27.9 Å². The molecule has 0 radical (unpaired) electrons. The zero-order chi connectivity index (χ0) is 15.7. The number of nitrogens with one attached hydrogen (secondary N) is 1. The molecule has 0 aliphatic rings. The quantitative estimate of drug-likeness (QED) is 0.523. The number of carbonyl (C=O) groups is 1. The highest BCUT2D eigenvalue weighted by atomic mass is 35.5. The average molecular weight is 332 g/mol. The van der Waals surface area contributed by atoms with Gasteiger partial charge in [0.15, 0.2) is 0 Å². The van der Waals surface area contributed by atoms with Crippen LogP contribution in [0.1, 0.15) is 51.1 Å². The van der Waals surface area contributed by atoms with E-state index in [9.17, 15) is 4.79 Å². The summed E-state index contributed by atoms with van der Waals surface area (Å²) in [5, 5.41) is 4.17. The zero-order valence-corrected chi connectivity index (χ0v) is 14.1. The maximum Gasteiger partial charge on any atom is 0.327 e. The van der Waals surface area contributed by atoms with Crippen LogP contribution in [0.4, 0.5) is 0 Å². The molecule has 3 nitrogen and oxygen atoms in total. The fraction of sp³-hybridized carbons (Fsp3) is 0.562. The Morgan fingerprint density at radius 1 is 1.19 bits per heavy atom. The first-order chi connectivity index (χ1) is 10.1. The van der Waals surface area contributed by atoms with E-state index in [2.05, 4.69) is 12.2 Å². The summed E-state index contributed by atoms with van der Waals surface area (Å²) in [5.74, 6) is -0.286. The van der Waals surface area contributed by atoms with Gasteiger partial charge in [-0.15, -0.1) is 0 Å². The summed E-state index contributed by atoms with van der Waals surface area (Å²) in [6, 6.07) is 4.71. The van der Waals surface area contributed by atoms with Crippen molar-refractivity contribution in [2.45, 2.75) is 45.6 Å². The Bertz CT molecular complexity index is 452. The van der Waals surface area contributed by atoms with E-state index in [1.54, 1.807) is 25.1 Å². The molecule has 0 saturated carbocycles. The number of benzene rings is 1. The lowest BCUT2D eigenvalue weighted by molar-refractivity contribution is -0.145. The van der Waals surface area contributed by atoms with Crippen molar-refractivity contribution < 1.29 is 9.53 Å². The summed E-state index contributed by atoms with van der Waals surface area (Å²) in [5.41, 5.74) is 0.776. The average Bonchev–Trinajstić information content (AvgIpc) is 2.46. The molecule has 21 heavy (non-hydrogen) atoms. The molecule has 0 aromatic heterocycles. The van der Waals surface area contributed by atoms with E-state index in [0.717, 1.165) is 24.9 Å². The van der Waals surface area contributed by atoms with Gasteiger partial charge in [0.25, 0.3) is 0 Å². The maximum absolute atomic E-state index is 12.1. The molecule has 0 aliphatic heterocycles. The standard InChI is InChI=1S/C16H23Cl2NO2/c1-3-5-6-7-10-19-15(16(20)21-4-2)12-8-9-13(17)14(18)11-12/h8-9,11,15,19H,3-7,10H2,1-2H3. The van der Waals surface area contributed by atoms with Gasteiger partial charge in [0.1, 0.15) is 6.04 Å². The molecule has 118 valence electrons. The topological polar surface area (TPSA) is 38.3 Å². The monoisotopic (exact) mass is 331 g/mol. The van der Waals surface area contributed by atoms with Crippen molar-refractivity contribution in [3.63, 3.8) is 0 Å². The second-order valence-electron chi connectivity index (χ2n) is 4.87. The number of halogens is 2. The van der Waals surface area contributed by atoms with Crippen molar-refractivity contribution in [3.8, 4) is 0 Å². The molecule has 0 bridgehead atoms. The first kappa shape index (κ1) is 18.3. The lowest BCUT2D eigenvalue weighted by Gasteiger charge is -2.18. The molecule has 0 spiro atoms. The number of esters is 1. The second kappa shape index (κ2) is 10.0. The molecule has 1 N–H and O–H groups in total. The van der Waals surface area contributed by atoms with Crippen LogP contribution in [-0.4, -0.2) is 19.1 Å². The first-order valence-electron chi connectivity index (χ1n) is 7.45. The molecule has 0 aliphatic carbocycles. The lowest BCUT2D eigenvalue weighted by atomic mass is 10.1. The minimum absolute atomic E-state index is 0.286. The minimum atomic E-state index is -0.499. The largest absolute Gasteiger partial charge is 0.465 e. The normalized spacial score (nSPS) is 12.2. The van der Waals surface area contributed by atoms with Crippen molar-refractivity contribution >= 4 is 29.2 Å². The van der Waals surface area contributed by atoms with Gasteiger partial charge in [-0.1, -0.05) is 55.5 Å². The number of unbranched alkanes of at least 4 members (excludes halogenated alkanes) is 3. The van der Waals surface area contributed by atoms with Crippen LogP contribution in [0.2, 0.25) is 10.0 Å². The van der Waals surface area contributed by atoms with E-state index in [1.807, 2.05) is 0 Å². The smallest absolute Gasteiger partial charge is 0.327 e. The number of carbonyl (C=O) groups excluding carboxylic acids is 1. The maximum atomic E-state index is 12.1. The van der Waals surface area contributed by atoms with Crippen LogP contribution in [0.5, 0.6) is 0 Å². The molecule has 1 aromatic rings. The molecule has 0 saturated heterocycles. The van der Waals surface area contributed by atoms with E-state index >= 15 is 0 Å². The fourth-order valence-electron chi connectivity index (χ4n) is 2.05. The van der Waals surface area contributed by atoms with Crippen LogP contribution in [0.3, 0.4) is 0 Å². The molecular weight excluding hydrogens is 309 g/mol. The van der Waals surface area contributed by atoms with E-state index in [-0.39, 0.29) is 5.97 Å². The predicted octanol–water partition coefficient (Wildman–Crippen LogP) is 4.77. The zero-order valence-electron chi connectivity index (χ0n) is 12.6. The Labute approximate surface area is 137 Å². The van der Waals surface area contributed by atoms with Crippen LogP contribution in [0.15, 0.2) is 18.2 Å². The lowest BCUT2D eigenvalue weighted by Crippen LogP contribution is -2.31. The van der Waals surface area contributed by atoms with Gasteiger partial charge in [0, 0.05) is 0 Å². The third-order valence-electron chi connectivity index (χ3n) is 3.18. The summed E-state index contributed by atoms with van der Waals surface area (Å²) in [6.07, 6.45) is 4.58. The highest BCUT2D eigenvalue weighted by Crippen LogP contribution is 2.26. The molecule has 0 fully saturated rings. The van der Waals surface area contributed by atoms with E-state index in [0.29, 0.717) is 16.7 Å². The molecule has 0 heterocycles. The Morgan fingerprint density at radius 3 is 2.57 bits per heavy atom. The molecule has 1 atom stereocenters. The highest BCUT2D eigenvalue weighted by Gasteiger charge is 2.21. The van der Waals surface area contributed by atoms with Crippen molar-refractivity contribution in [3.05, 3.63) is 33.8 Å². The van der Waals surface area contributed by atoms with Gasteiger partial charge in [-0.05, 0) is 37.6 Å². The van der Waals surface area contributed by atoms with Gasteiger partial charge in [0.2, 0.25) is 0 Å². The van der Waals surface area contributed by atoms with Crippen molar-refractivity contribution in [2.75, 3.05) is 13.2 Å². The molecule has 1 aromatic carbocycles. The molecule has 1 rings (SSSR count). The molecule has 1 unspecified atom stereocenters. The van der Waals surface area contributed by atoms with Gasteiger partial charge in [0.05, 0.1) is 16.7 Å². The first-order valence-corrected chi connectivity index (χ1v) is 8.20. The second-order valence-corrected chi connectivity index (χ2v) is 5.69. The van der Waals surface area contributed by atoms with Crippen LogP contribution in [0.25, 0.3) is 0 Å². The fourth-order valence-corrected chi connectivity index (χ4v) is 2.36. The third-order valence-corrected chi connectivity index (χ3v) is 3.92. The third kappa shape index (κ3) is 6.25. The van der Waals surface area contributed by atoms with Crippen LogP contribution in [-0.2, 0) is 9.53 Å². The number of hydrogen-bond acceptors (Lipinski definition) is 3. The number of rotatable bonds is 9. The van der Waals surface area contributed by atoms with E-state index < -0.39 is 6.04 Å². The minimum Gasteiger partial charge on any atom is -0.465 e. The Hall–Kier alpha value is -0.770. The van der Waals surface area contributed by atoms with E-state index in [1.165, 1.54) is 12.8 Å². The van der Waals surface area contributed by atoms with Gasteiger partial charge >= 0.3 is 5.97 Å². The van der Waals surface area contributed by atoms with Crippen molar-refractivity contribution in [1.82, 2.24) is 5.32 Å². The van der Waals surface area contributed by atoms with Crippen LogP contribution >= 0.6 is 23.2 Å². The van der Waals surface area contributed by atoms with Crippen molar-refractivity contribution in [2.24, 2.45) is 0 Å². The SMILES string of the molecule is CCCCCCNC(C(=O)OCC)c1ccc(Cl)c(Cl)c1. The molecule has 0 amide bonds. The van der Waals surface area contributed by atoms with Gasteiger partial charge in [-0.2, -0.15) is 0 Å². The molecular formula is C16H23Cl2NO2. The van der Waals surface area contributed by atoms with Gasteiger partial charge < -0.3 is 10.1 Å². The summed E-state index contributed by atoms with van der Waals surface area (Å²) < 4.78 is 5.13. The number of hydrogen-bond donors (Lipinski definition) is 1. The Kier molecular flexibility index (Phi) is 8.74. The van der Waals surface area contributed by atoms with Crippen LogP contribution < -0.4 is 5.32 Å². The molecule has 5 heteroatoms. The predicted molar refractivity (Wildman–Crippen MR) is 88.0 cm³/mol. The summed E-state index contributed by atoms with van der Waals surface area (Å²) in [6.45, 7) is 5.09. The van der Waals surface area contributed by atoms with Gasteiger partial charge in [-0.25, -0.2) is 4.79 Å². The summed E-state index contributed by atoms with van der Waals surface area (Å²) in [7, 11) is 0. The Balaban J connectivity index is 2.71. The summed E-state index contributed by atoms with van der Waals surface area (Å²) >= 11 is 11.9. The summed E-state index contributed by atoms with van der Waals surface area (Å²) in [4.78, 5) is 12.1. The number of ether oxygens (including phenoxy) is 1. The Morgan fingerprint density at radius 2 is 1.95 bits per heavy atom. The highest BCUT2D eigenvalue weighted by molar-refractivity contribution is 6.42. The van der Waals surface area contributed by atoms with Gasteiger partial charge in [-0.3, -0.25) is 0 Å².